The Morgan fingerprint density at radius 2 is 2.00 bits per heavy atom. The van der Waals surface area contributed by atoms with Crippen LogP contribution in [0.2, 0.25) is 0 Å². The first-order valence-corrected chi connectivity index (χ1v) is 5.02. The number of carbonyl (C=O) groups excluding carboxylic acids is 1. The van der Waals surface area contributed by atoms with E-state index in [4.69, 9.17) is 0 Å². The minimum absolute atomic E-state index is 0.112. The van der Waals surface area contributed by atoms with Gasteiger partial charge in [-0.15, -0.1) is 10.2 Å². The van der Waals surface area contributed by atoms with E-state index in [1.165, 1.54) is 0 Å². The molecule has 0 saturated carbocycles. The number of carbonyl (C=O) groups is 1. The van der Waals surface area contributed by atoms with Crippen LogP contribution in [0, 0.1) is 6.92 Å². The van der Waals surface area contributed by atoms with Crippen molar-refractivity contribution in [1.29, 1.82) is 0 Å². The molecule has 3 rings (SSSR count). The Kier molecular flexibility index (Phi) is 2.01. The number of nitrogens with zero attached hydrogens (tertiary/aromatic N) is 5. The standard InChI is InChI=1S/C11H7N5O/c1-6-3-2-4-7(5-6)9-12-10-8(11(17)13-9)14-16-15-10/h2-5H,1H3. The highest BCUT2D eigenvalue weighted by molar-refractivity contribution is 6.69. The zero-order chi connectivity index (χ0) is 11.8. The van der Waals surface area contributed by atoms with Gasteiger partial charge in [0.25, 0.3) is 0 Å². The fourth-order valence-corrected chi connectivity index (χ4v) is 1.60. The molecule has 0 aromatic heterocycles. The number of hydrogen-bond acceptors (Lipinski definition) is 5. The van der Waals surface area contributed by atoms with Crippen molar-refractivity contribution in [3.63, 3.8) is 0 Å². The van der Waals surface area contributed by atoms with E-state index in [0.29, 0.717) is 5.84 Å². The SMILES string of the molecule is Cc1cccc(C2=NC(=O)C3=NN=NC3=N2)c1. The molecular formula is C11H7N5O. The molecule has 0 bridgehead atoms. The Labute approximate surface area is 96.5 Å². The number of hydrogen-bond donors (Lipinski definition) is 0. The first-order valence-electron chi connectivity index (χ1n) is 5.02. The van der Waals surface area contributed by atoms with Gasteiger partial charge in [-0.05, 0) is 18.2 Å². The molecular weight excluding hydrogens is 218 g/mol. The molecule has 0 fully saturated rings. The third kappa shape index (κ3) is 1.59. The van der Waals surface area contributed by atoms with Gasteiger partial charge in [0.05, 0.1) is 0 Å². The van der Waals surface area contributed by atoms with Gasteiger partial charge in [-0.25, -0.2) is 4.99 Å². The predicted octanol–water partition coefficient (Wildman–Crippen LogP) is 1.50. The Balaban J connectivity index is 2.09. The maximum atomic E-state index is 11.6. The van der Waals surface area contributed by atoms with Gasteiger partial charge in [-0.3, -0.25) is 4.79 Å². The van der Waals surface area contributed by atoms with Crippen molar-refractivity contribution < 1.29 is 4.79 Å². The summed E-state index contributed by atoms with van der Waals surface area (Å²) in [7, 11) is 0. The first kappa shape index (κ1) is 9.71. The van der Waals surface area contributed by atoms with Crippen molar-refractivity contribution in [1.82, 2.24) is 0 Å². The zero-order valence-corrected chi connectivity index (χ0v) is 8.95. The Bertz CT molecular complexity index is 639. The van der Waals surface area contributed by atoms with Gasteiger partial charge < -0.3 is 0 Å². The Hall–Kier alpha value is -2.50. The van der Waals surface area contributed by atoms with Crippen molar-refractivity contribution in [3.8, 4) is 0 Å². The van der Waals surface area contributed by atoms with E-state index in [-0.39, 0.29) is 11.5 Å². The minimum Gasteiger partial charge on any atom is -0.265 e. The van der Waals surface area contributed by atoms with Crippen LogP contribution < -0.4 is 0 Å². The number of aliphatic imine (C=N–C) groups is 2. The minimum atomic E-state index is -0.448. The lowest BCUT2D eigenvalue weighted by Gasteiger charge is -2.06. The maximum Gasteiger partial charge on any atom is 0.303 e. The molecule has 0 unspecified atom stereocenters. The van der Waals surface area contributed by atoms with Gasteiger partial charge in [0.15, 0.2) is 5.84 Å². The lowest BCUT2D eigenvalue weighted by Crippen LogP contribution is -2.25. The highest BCUT2D eigenvalue weighted by Crippen LogP contribution is 2.13. The second kappa shape index (κ2) is 3.51. The molecule has 0 atom stereocenters. The molecule has 0 radical (unpaired) electrons. The maximum absolute atomic E-state index is 11.6. The van der Waals surface area contributed by atoms with Gasteiger partial charge in [0, 0.05) is 5.56 Å². The van der Waals surface area contributed by atoms with Crippen LogP contribution >= 0.6 is 0 Å². The van der Waals surface area contributed by atoms with E-state index in [9.17, 15) is 4.79 Å². The van der Waals surface area contributed by atoms with Gasteiger partial charge in [-0.1, -0.05) is 23.8 Å². The molecule has 0 aliphatic carbocycles. The van der Waals surface area contributed by atoms with E-state index in [0.717, 1.165) is 11.1 Å². The third-order valence-corrected chi connectivity index (χ3v) is 2.39. The molecule has 2 heterocycles. The molecule has 0 saturated heterocycles. The second-order valence-electron chi connectivity index (χ2n) is 3.68. The van der Waals surface area contributed by atoms with Crippen LogP contribution in [0.25, 0.3) is 0 Å². The van der Waals surface area contributed by atoms with Gasteiger partial charge in [0.2, 0.25) is 11.5 Å². The van der Waals surface area contributed by atoms with Gasteiger partial charge in [-0.2, -0.15) is 4.99 Å². The summed E-state index contributed by atoms with van der Waals surface area (Å²) in [5.74, 6) is 0.145. The average Bonchev–Trinajstić information content (AvgIpc) is 2.77. The fraction of sp³-hybridized carbons (Fsp3) is 0.0909. The molecule has 2 aliphatic rings. The lowest BCUT2D eigenvalue weighted by atomic mass is 10.1. The summed E-state index contributed by atoms with van der Waals surface area (Å²) in [6.45, 7) is 1.96. The van der Waals surface area contributed by atoms with E-state index in [1.54, 1.807) is 0 Å². The predicted molar refractivity (Wildman–Crippen MR) is 62.4 cm³/mol. The molecule has 2 aliphatic heterocycles. The van der Waals surface area contributed by atoms with Crippen LogP contribution in [0.15, 0.2) is 49.7 Å². The normalized spacial score (nSPS) is 17.5. The van der Waals surface area contributed by atoms with Crippen LogP contribution in [0.3, 0.4) is 0 Å². The van der Waals surface area contributed by atoms with Crippen molar-refractivity contribution in [2.75, 3.05) is 0 Å². The van der Waals surface area contributed by atoms with Crippen molar-refractivity contribution in [3.05, 3.63) is 35.4 Å². The number of fused-ring (bicyclic) bond motifs is 1. The highest BCUT2D eigenvalue weighted by Gasteiger charge is 2.27. The first-order chi connectivity index (χ1) is 8.24. The molecule has 6 heteroatoms. The molecule has 0 N–H and O–H groups in total. The molecule has 1 aromatic rings. The second-order valence-corrected chi connectivity index (χ2v) is 3.68. The number of aryl methyl sites for hydroxylation is 1. The van der Waals surface area contributed by atoms with Crippen LogP contribution in [-0.2, 0) is 4.79 Å². The van der Waals surface area contributed by atoms with Crippen molar-refractivity contribution >= 4 is 23.3 Å². The lowest BCUT2D eigenvalue weighted by molar-refractivity contribution is -0.111. The highest BCUT2D eigenvalue weighted by atomic mass is 16.1. The van der Waals surface area contributed by atoms with Gasteiger partial charge in [0.1, 0.15) is 0 Å². The number of amidine groups is 2. The largest absolute Gasteiger partial charge is 0.303 e. The Morgan fingerprint density at radius 3 is 2.82 bits per heavy atom. The van der Waals surface area contributed by atoms with Crippen molar-refractivity contribution in [2.24, 2.45) is 25.4 Å². The van der Waals surface area contributed by atoms with Crippen LogP contribution in [0.1, 0.15) is 11.1 Å². The average molecular weight is 225 g/mol. The summed E-state index contributed by atoms with van der Waals surface area (Å²) >= 11 is 0. The van der Waals surface area contributed by atoms with E-state index >= 15 is 0 Å². The van der Waals surface area contributed by atoms with E-state index in [1.807, 2.05) is 31.2 Å². The van der Waals surface area contributed by atoms with Crippen LogP contribution in [-0.4, -0.2) is 23.3 Å². The van der Waals surface area contributed by atoms with Crippen LogP contribution in [0.5, 0.6) is 0 Å². The Morgan fingerprint density at radius 1 is 1.12 bits per heavy atom. The summed E-state index contributed by atoms with van der Waals surface area (Å²) in [4.78, 5) is 19.7. The molecule has 1 amide bonds. The quantitative estimate of drug-likeness (QED) is 0.713. The molecule has 17 heavy (non-hydrogen) atoms. The number of amides is 1. The zero-order valence-electron chi connectivity index (χ0n) is 8.95. The van der Waals surface area contributed by atoms with Crippen molar-refractivity contribution in [2.45, 2.75) is 6.92 Å². The third-order valence-electron chi connectivity index (χ3n) is 2.39. The summed E-state index contributed by atoms with van der Waals surface area (Å²) in [5, 5.41) is 10.7. The topological polar surface area (TPSA) is 78.9 Å². The fourth-order valence-electron chi connectivity index (χ4n) is 1.60. The summed E-state index contributed by atoms with van der Waals surface area (Å²) < 4.78 is 0. The molecule has 1 aromatic carbocycles. The smallest absolute Gasteiger partial charge is 0.265 e. The van der Waals surface area contributed by atoms with E-state index in [2.05, 4.69) is 25.4 Å². The van der Waals surface area contributed by atoms with E-state index < -0.39 is 5.91 Å². The monoisotopic (exact) mass is 225 g/mol. The summed E-state index contributed by atoms with van der Waals surface area (Å²) in [6, 6.07) is 7.60. The summed E-state index contributed by atoms with van der Waals surface area (Å²) in [6.07, 6.45) is 0. The summed E-state index contributed by atoms with van der Waals surface area (Å²) in [5.41, 5.74) is 1.97. The molecule has 82 valence electrons. The molecule has 0 spiro atoms. The van der Waals surface area contributed by atoms with Crippen LogP contribution in [0.4, 0.5) is 0 Å². The number of rotatable bonds is 1. The molecule has 6 nitrogen and oxygen atoms in total. The van der Waals surface area contributed by atoms with Gasteiger partial charge >= 0.3 is 5.91 Å². The number of benzene rings is 1.